The van der Waals surface area contributed by atoms with Crippen molar-refractivity contribution in [2.45, 2.75) is 0 Å². The van der Waals surface area contributed by atoms with Crippen molar-refractivity contribution in [1.82, 2.24) is 34.4 Å². The summed E-state index contributed by atoms with van der Waals surface area (Å²) in [5, 5.41) is 3.31. The van der Waals surface area contributed by atoms with E-state index >= 15 is 0 Å². The number of carbonyl (C=O) groups is 1. The van der Waals surface area contributed by atoms with Crippen LogP contribution in [0.5, 0.6) is 11.5 Å². The molecule has 0 spiro atoms. The number of ether oxygens (including phenoxy) is 1. The summed E-state index contributed by atoms with van der Waals surface area (Å²) >= 11 is 0. The molecule has 0 atom stereocenters. The maximum atomic E-state index is 11.9. The molecule has 1 amide bonds. The minimum absolute atomic E-state index is 0.0732. The van der Waals surface area contributed by atoms with Gasteiger partial charge in [0.2, 0.25) is 11.9 Å². The van der Waals surface area contributed by atoms with E-state index in [0.717, 1.165) is 16.7 Å². The first kappa shape index (κ1) is 24.8. The molecule has 2 aromatic carbocycles. The number of terminal acetylenes is 1. The molecule has 5 aromatic rings. The lowest BCUT2D eigenvalue weighted by Crippen LogP contribution is -2.48. The predicted octanol–water partition coefficient (Wildman–Crippen LogP) is 3.66. The van der Waals surface area contributed by atoms with Crippen LogP contribution in [0.15, 0.2) is 67.9 Å². The summed E-state index contributed by atoms with van der Waals surface area (Å²) in [5.74, 6) is 4.89. The van der Waals surface area contributed by atoms with Crippen LogP contribution in [-0.2, 0) is 11.8 Å². The molecule has 6 rings (SSSR count). The van der Waals surface area contributed by atoms with Gasteiger partial charge in [-0.2, -0.15) is 0 Å². The molecule has 0 radical (unpaired) electrons. The third kappa shape index (κ3) is 4.74. The van der Waals surface area contributed by atoms with Crippen LogP contribution in [0.4, 0.5) is 17.5 Å². The van der Waals surface area contributed by atoms with Crippen molar-refractivity contribution >= 4 is 45.4 Å². The molecule has 11 nitrogen and oxygen atoms in total. The lowest BCUT2D eigenvalue weighted by atomic mass is 10.2. The molecule has 1 N–H and O–H groups in total. The minimum Gasteiger partial charge on any atom is -0.456 e. The topological polar surface area (TPSA) is 114 Å². The molecule has 3 aromatic heterocycles. The Morgan fingerprint density at radius 1 is 1.07 bits per heavy atom. The van der Waals surface area contributed by atoms with Crippen LogP contribution in [0.25, 0.3) is 22.1 Å². The third-order valence-corrected chi connectivity index (χ3v) is 6.74. The summed E-state index contributed by atoms with van der Waals surface area (Å²) in [5.41, 5.74) is 4.32. The Bertz CT molecular complexity index is 1800. The first-order valence-electron chi connectivity index (χ1n) is 12.6. The summed E-state index contributed by atoms with van der Waals surface area (Å²) in [7, 11) is 1.95. The molecule has 0 bridgehead atoms. The van der Waals surface area contributed by atoms with Crippen molar-refractivity contribution in [3.63, 3.8) is 0 Å². The summed E-state index contributed by atoms with van der Waals surface area (Å²) in [6.45, 7) is 5.93. The number of carbonyl (C=O) groups excluding carboxylic acids is 1. The Hall–Kier alpha value is -5.50. The fourth-order valence-electron chi connectivity index (χ4n) is 4.60. The number of fused-ring (bicyclic) bond motifs is 2. The second-order valence-electron chi connectivity index (χ2n) is 9.23. The highest BCUT2D eigenvalue weighted by Crippen LogP contribution is 2.31. The van der Waals surface area contributed by atoms with Crippen molar-refractivity contribution in [2.75, 3.05) is 36.4 Å². The monoisotopic (exact) mass is 531 g/mol. The number of benzene rings is 2. The van der Waals surface area contributed by atoms with Crippen molar-refractivity contribution < 1.29 is 9.53 Å². The van der Waals surface area contributed by atoms with Gasteiger partial charge in [0, 0.05) is 45.0 Å². The number of piperazine rings is 1. The van der Waals surface area contributed by atoms with E-state index in [2.05, 4.69) is 37.8 Å². The van der Waals surface area contributed by atoms with Crippen LogP contribution in [-0.4, -0.2) is 66.5 Å². The van der Waals surface area contributed by atoms with E-state index < -0.39 is 0 Å². The van der Waals surface area contributed by atoms with Crippen LogP contribution >= 0.6 is 0 Å². The first-order chi connectivity index (χ1) is 19.5. The molecule has 0 unspecified atom stereocenters. The zero-order valence-electron chi connectivity index (χ0n) is 21.8. The molecule has 1 fully saturated rings. The molecular weight excluding hydrogens is 506 g/mol. The number of hydrogen-bond donors (Lipinski definition) is 1. The van der Waals surface area contributed by atoms with Crippen molar-refractivity contribution in [2.24, 2.45) is 7.05 Å². The van der Waals surface area contributed by atoms with E-state index in [9.17, 15) is 4.79 Å². The third-order valence-electron chi connectivity index (χ3n) is 6.74. The van der Waals surface area contributed by atoms with E-state index in [-0.39, 0.29) is 5.91 Å². The quantitative estimate of drug-likeness (QED) is 0.259. The summed E-state index contributed by atoms with van der Waals surface area (Å²) in [4.78, 5) is 38.1. The standard InChI is InChI=1S/C29H25N9O2/c1-4-19-14-20(6-9-25(19)40-21-7-8-24-22(15-21)33-18-36(24)3)34-28-27-23(31-17-32-28)16-30-29(35-27)38-12-10-37(11-13-38)26(39)5-2/h1,5-9,14-18H,2,10-13H2,3H3,(H,31,32,34). The van der Waals surface area contributed by atoms with Gasteiger partial charge >= 0.3 is 0 Å². The summed E-state index contributed by atoms with van der Waals surface area (Å²) in [6, 6.07) is 11.2. The van der Waals surface area contributed by atoms with Gasteiger partial charge in [-0.1, -0.05) is 12.5 Å². The van der Waals surface area contributed by atoms with E-state index in [1.54, 1.807) is 17.4 Å². The molecule has 40 heavy (non-hydrogen) atoms. The van der Waals surface area contributed by atoms with E-state index in [1.807, 2.05) is 52.9 Å². The van der Waals surface area contributed by atoms with E-state index in [4.69, 9.17) is 16.1 Å². The van der Waals surface area contributed by atoms with Gasteiger partial charge in [0.1, 0.15) is 28.9 Å². The molecule has 11 heteroatoms. The van der Waals surface area contributed by atoms with Gasteiger partial charge in [-0.15, -0.1) is 6.42 Å². The zero-order chi connectivity index (χ0) is 27.6. The Labute approximate surface area is 230 Å². The molecule has 1 aliphatic heterocycles. The fraction of sp³-hybridized carbons (Fsp3) is 0.172. The number of amides is 1. The molecule has 1 aliphatic rings. The largest absolute Gasteiger partial charge is 0.456 e. The fourth-order valence-corrected chi connectivity index (χ4v) is 4.60. The zero-order valence-corrected chi connectivity index (χ0v) is 21.8. The van der Waals surface area contributed by atoms with Crippen molar-refractivity contribution in [3.05, 3.63) is 73.5 Å². The average Bonchev–Trinajstić information content (AvgIpc) is 3.37. The lowest BCUT2D eigenvalue weighted by Gasteiger charge is -2.34. The molecule has 0 saturated carbocycles. The molecule has 1 saturated heterocycles. The Morgan fingerprint density at radius 2 is 1.93 bits per heavy atom. The van der Waals surface area contributed by atoms with Gasteiger partial charge in [-0.25, -0.2) is 24.9 Å². The van der Waals surface area contributed by atoms with Crippen molar-refractivity contribution in [3.8, 4) is 23.8 Å². The second-order valence-corrected chi connectivity index (χ2v) is 9.23. The number of nitrogens with zero attached hydrogens (tertiary/aromatic N) is 8. The molecular formula is C29H25N9O2. The highest BCUT2D eigenvalue weighted by molar-refractivity contribution is 5.88. The van der Waals surface area contributed by atoms with Crippen LogP contribution in [0, 0.1) is 12.3 Å². The number of aryl methyl sites for hydroxylation is 1. The first-order valence-corrected chi connectivity index (χ1v) is 12.6. The summed E-state index contributed by atoms with van der Waals surface area (Å²) in [6.07, 6.45) is 12.1. The maximum Gasteiger partial charge on any atom is 0.246 e. The van der Waals surface area contributed by atoms with Gasteiger partial charge in [0.15, 0.2) is 5.82 Å². The Kier molecular flexibility index (Phi) is 6.41. The Morgan fingerprint density at radius 3 is 2.73 bits per heavy atom. The maximum absolute atomic E-state index is 11.9. The highest BCUT2D eigenvalue weighted by Gasteiger charge is 2.22. The van der Waals surface area contributed by atoms with Crippen LogP contribution in [0.3, 0.4) is 0 Å². The van der Waals surface area contributed by atoms with Gasteiger partial charge < -0.3 is 24.4 Å². The number of nitrogens with one attached hydrogen (secondary N) is 1. The number of imidazole rings is 1. The van der Waals surface area contributed by atoms with Gasteiger partial charge in [-0.05, 0) is 36.4 Å². The van der Waals surface area contributed by atoms with Crippen molar-refractivity contribution in [1.29, 1.82) is 0 Å². The lowest BCUT2D eigenvalue weighted by molar-refractivity contribution is -0.126. The van der Waals surface area contributed by atoms with Crippen LogP contribution < -0.4 is 15.0 Å². The minimum atomic E-state index is -0.0732. The Balaban J connectivity index is 1.23. The number of hydrogen-bond acceptors (Lipinski definition) is 9. The average molecular weight is 532 g/mol. The number of anilines is 3. The van der Waals surface area contributed by atoms with E-state index in [1.165, 1.54) is 12.4 Å². The molecule has 198 valence electrons. The normalized spacial score (nSPS) is 13.3. The highest BCUT2D eigenvalue weighted by atomic mass is 16.5. The molecule has 0 aliphatic carbocycles. The van der Waals surface area contributed by atoms with E-state index in [0.29, 0.717) is 66.0 Å². The SMILES string of the molecule is C#Cc1cc(Nc2ncnc3cnc(N4CCN(C(=O)C=C)CC4)nc23)ccc1Oc1ccc2c(c1)ncn2C. The molecule has 4 heterocycles. The van der Waals surface area contributed by atoms with Gasteiger partial charge in [0.25, 0.3) is 0 Å². The smallest absolute Gasteiger partial charge is 0.246 e. The number of rotatable bonds is 6. The number of aromatic nitrogens is 6. The van der Waals surface area contributed by atoms with Crippen LogP contribution in [0.2, 0.25) is 0 Å². The summed E-state index contributed by atoms with van der Waals surface area (Å²) < 4.78 is 8.05. The van der Waals surface area contributed by atoms with Gasteiger partial charge in [-0.3, -0.25) is 4.79 Å². The second kappa shape index (κ2) is 10.3. The van der Waals surface area contributed by atoms with Gasteiger partial charge in [0.05, 0.1) is 29.1 Å². The van der Waals surface area contributed by atoms with Crippen LogP contribution in [0.1, 0.15) is 5.56 Å². The predicted molar refractivity (Wildman–Crippen MR) is 153 cm³/mol.